The van der Waals surface area contributed by atoms with Crippen molar-refractivity contribution in [2.45, 2.75) is 12.2 Å². The second-order valence-corrected chi connectivity index (χ2v) is 7.38. The highest BCUT2D eigenvalue weighted by atomic mass is 35.5. The van der Waals surface area contributed by atoms with Crippen molar-refractivity contribution in [2.75, 3.05) is 29.5 Å². The number of nitrogens with two attached hydrogens (primary N) is 1. The van der Waals surface area contributed by atoms with E-state index in [0.29, 0.717) is 35.9 Å². The number of imidazole rings is 1. The SMILES string of the molecule is NC(c1cc(Cl)c2cncn2c1N1CCS(=O)CC1)C(F)(F)F. The molecule has 2 aromatic rings. The van der Waals surface area contributed by atoms with E-state index in [1.807, 2.05) is 0 Å². The molecule has 1 aliphatic rings. The third-order valence-corrected chi connectivity index (χ3v) is 5.40. The maximum atomic E-state index is 13.1. The van der Waals surface area contributed by atoms with Crippen LogP contribution in [0.1, 0.15) is 11.6 Å². The first kappa shape index (κ1) is 16.5. The van der Waals surface area contributed by atoms with E-state index in [1.165, 1.54) is 23.0 Å². The number of fused-ring (bicyclic) bond motifs is 1. The van der Waals surface area contributed by atoms with Gasteiger partial charge in [-0.2, -0.15) is 13.2 Å². The molecule has 0 aromatic carbocycles. The summed E-state index contributed by atoms with van der Waals surface area (Å²) in [5, 5.41) is 0.154. The van der Waals surface area contributed by atoms with Crippen LogP contribution < -0.4 is 10.6 Å². The molecule has 1 saturated heterocycles. The average molecular weight is 367 g/mol. The molecule has 23 heavy (non-hydrogen) atoms. The van der Waals surface area contributed by atoms with E-state index in [-0.39, 0.29) is 10.6 Å². The minimum Gasteiger partial charge on any atom is -0.356 e. The molecule has 1 aliphatic heterocycles. The first-order chi connectivity index (χ1) is 10.8. The largest absolute Gasteiger partial charge is 0.407 e. The maximum absolute atomic E-state index is 13.1. The van der Waals surface area contributed by atoms with Gasteiger partial charge in [0, 0.05) is 41.0 Å². The first-order valence-corrected chi connectivity index (χ1v) is 8.72. The average Bonchev–Trinajstić information content (AvgIpc) is 2.96. The van der Waals surface area contributed by atoms with Gasteiger partial charge in [0.25, 0.3) is 0 Å². The second-order valence-electron chi connectivity index (χ2n) is 5.27. The zero-order chi connectivity index (χ0) is 16.8. The fourth-order valence-electron chi connectivity index (χ4n) is 2.64. The van der Waals surface area contributed by atoms with E-state index < -0.39 is 23.0 Å². The van der Waals surface area contributed by atoms with Gasteiger partial charge in [0.15, 0.2) is 0 Å². The van der Waals surface area contributed by atoms with Crippen molar-refractivity contribution >= 4 is 33.7 Å². The predicted octanol–water partition coefficient (Wildman–Crippen LogP) is 2.12. The number of aromatic nitrogens is 2. The lowest BCUT2D eigenvalue weighted by atomic mass is 10.1. The summed E-state index contributed by atoms with van der Waals surface area (Å²) in [7, 11) is -0.944. The third-order valence-electron chi connectivity index (χ3n) is 3.82. The quantitative estimate of drug-likeness (QED) is 0.884. The zero-order valence-electron chi connectivity index (χ0n) is 11.9. The van der Waals surface area contributed by atoms with Gasteiger partial charge in [0.2, 0.25) is 0 Å². The van der Waals surface area contributed by atoms with Crippen molar-refractivity contribution in [1.82, 2.24) is 9.38 Å². The van der Waals surface area contributed by atoms with Crippen LogP contribution in [0.4, 0.5) is 19.0 Å². The number of pyridine rings is 1. The molecule has 5 nitrogen and oxygen atoms in total. The highest BCUT2D eigenvalue weighted by molar-refractivity contribution is 7.85. The lowest BCUT2D eigenvalue weighted by Gasteiger charge is -2.32. The number of hydrogen-bond donors (Lipinski definition) is 1. The number of anilines is 1. The number of hydrogen-bond acceptors (Lipinski definition) is 4. The Kier molecular flexibility index (Phi) is 4.28. The monoisotopic (exact) mass is 366 g/mol. The molecule has 10 heteroatoms. The van der Waals surface area contributed by atoms with Crippen molar-refractivity contribution in [3.63, 3.8) is 0 Å². The molecule has 1 fully saturated rings. The molecule has 0 bridgehead atoms. The topological polar surface area (TPSA) is 63.6 Å². The Labute approximate surface area is 137 Å². The van der Waals surface area contributed by atoms with Crippen LogP contribution in [0.3, 0.4) is 0 Å². The molecule has 0 amide bonds. The summed E-state index contributed by atoms with van der Waals surface area (Å²) >= 11 is 6.08. The van der Waals surface area contributed by atoms with E-state index in [1.54, 1.807) is 4.90 Å². The van der Waals surface area contributed by atoms with Crippen molar-refractivity contribution in [3.8, 4) is 0 Å². The van der Waals surface area contributed by atoms with Crippen molar-refractivity contribution in [2.24, 2.45) is 5.73 Å². The summed E-state index contributed by atoms with van der Waals surface area (Å²) in [5.74, 6) is 1.11. The minimum absolute atomic E-state index is 0.110. The Hall–Kier alpha value is -1.32. The Morgan fingerprint density at radius 2 is 2.00 bits per heavy atom. The van der Waals surface area contributed by atoms with E-state index in [9.17, 15) is 17.4 Å². The van der Waals surface area contributed by atoms with E-state index in [4.69, 9.17) is 17.3 Å². The molecule has 2 aromatic heterocycles. The standard InChI is InChI=1S/C13H14ClF3N4OS/c14-9-5-8(11(18)13(15,16)17)12(21-7-19-6-10(9)21)20-1-3-23(22)4-2-20/h5-7,11H,1-4,18H2. The smallest absolute Gasteiger partial charge is 0.356 e. The van der Waals surface area contributed by atoms with Gasteiger partial charge < -0.3 is 10.6 Å². The van der Waals surface area contributed by atoms with Crippen LogP contribution in [0, 0.1) is 0 Å². The second kappa shape index (κ2) is 5.95. The van der Waals surface area contributed by atoms with Gasteiger partial charge in [-0.05, 0) is 6.07 Å². The molecule has 0 saturated carbocycles. The van der Waals surface area contributed by atoms with Crippen molar-refractivity contribution < 1.29 is 17.4 Å². The maximum Gasteiger partial charge on any atom is 0.407 e. The van der Waals surface area contributed by atoms with Gasteiger partial charge in [-0.15, -0.1) is 0 Å². The Balaban J connectivity index is 2.18. The molecule has 0 radical (unpaired) electrons. The summed E-state index contributed by atoms with van der Waals surface area (Å²) in [4.78, 5) is 5.72. The van der Waals surface area contributed by atoms with E-state index in [0.717, 1.165) is 0 Å². The fourth-order valence-corrected chi connectivity index (χ4v) is 3.95. The Bertz CT molecular complexity index is 753. The number of halogens is 4. The fraction of sp³-hybridized carbons (Fsp3) is 0.462. The summed E-state index contributed by atoms with van der Waals surface area (Å²) in [5.41, 5.74) is 5.83. The van der Waals surface area contributed by atoms with E-state index in [2.05, 4.69) is 4.98 Å². The predicted molar refractivity (Wildman–Crippen MR) is 83.3 cm³/mol. The Morgan fingerprint density at radius 1 is 1.35 bits per heavy atom. The van der Waals surface area contributed by atoms with Crippen LogP contribution in [0.15, 0.2) is 18.6 Å². The van der Waals surface area contributed by atoms with Crippen LogP contribution in [0.5, 0.6) is 0 Å². The van der Waals surface area contributed by atoms with E-state index >= 15 is 0 Å². The Morgan fingerprint density at radius 3 is 2.61 bits per heavy atom. The van der Waals surface area contributed by atoms with Gasteiger partial charge in [-0.3, -0.25) is 8.61 Å². The summed E-state index contributed by atoms with van der Waals surface area (Å²) < 4.78 is 52.5. The van der Waals surface area contributed by atoms with Crippen molar-refractivity contribution in [3.05, 3.63) is 29.2 Å². The lowest BCUT2D eigenvalue weighted by Crippen LogP contribution is -2.40. The van der Waals surface area contributed by atoms with Crippen LogP contribution >= 0.6 is 11.6 Å². The minimum atomic E-state index is -4.59. The molecule has 1 atom stereocenters. The molecule has 3 heterocycles. The van der Waals surface area contributed by atoms with Crippen molar-refractivity contribution in [1.29, 1.82) is 0 Å². The molecule has 0 spiro atoms. The lowest BCUT2D eigenvalue weighted by molar-refractivity contribution is -0.149. The number of alkyl halides is 3. The molecular weight excluding hydrogens is 353 g/mol. The number of rotatable bonds is 2. The molecule has 0 aliphatic carbocycles. The van der Waals surface area contributed by atoms with Gasteiger partial charge in [0.05, 0.1) is 16.7 Å². The molecule has 126 valence electrons. The molecule has 1 unspecified atom stereocenters. The summed E-state index contributed by atoms with van der Waals surface area (Å²) in [6, 6.07) is -0.910. The molecule has 3 rings (SSSR count). The molecule has 2 N–H and O–H groups in total. The van der Waals surface area contributed by atoms with Gasteiger partial charge in [-0.1, -0.05) is 11.6 Å². The molecular formula is C13H14ClF3N4OS. The van der Waals surface area contributed by atoms with Gasteiger partial charge in [0.1, 0.15) is 18.2 Å². The van der Waals surface area contributed by atoms with Gasteiger partial charge >= 0.3 is 6.18 Å². The van der Waals surface area contributed by atoms with Crippen LogP contribution in [-0.2, 0) is 10.8 Å². The van der Waals surface area contributed by atoms with Crippen LogP contribution in [0.25, 0.3) is 5.52 Å². The highest BCUT2D eigenvalue weighted by Gasteiger charge is 2.41. The van der Waals surface area contributed by atoms with Gasteiger partial charge in [-0.25, -0.2) is 4.98 Å². The summed E-state index contributed by atoms with van der Waals surface area (Å²) in [6.45, 7) is 0.776. The number of nitrogens with zero attached hydrogens (tertiary/aromatic N) is 3. The first-order valence-electron chi connectivity index (χ1n) is 6.85. The third kappa shape index (κ3) is 3.05. The zero-order valence-corrected chi connectivity index (χ0v) is 13.5. The van der Waals surface area contributed by atoms with Crippen LogP contribution in [0.2, 0.25) is 5.02 Å². The normalized spacial score (nSPS) is 18.6. The summed E-state index contributed by atoms with van der Waals surface area (Å²) in [6.07, 6.45) is -1.70. The van der Waals surface area contributed by atoms with Crippen LogP contribution in [-0.4, -0.2) is 44.4 Å². The highest BCUT2D eigenvalue weighted by Crippen LogP contribution is 2.38.